The Hall–Kier alpha value is -1.21. The highest BCUT2D eigenvalue weighted by Gasteiger charge is 2.07. The van der Waals surface area contributed by atoms with Crippen molar-refractivity contribution in [1.29, 1.82) is 0 Å². The van der Waals surface area contributed by atoms with Crippen molar-refractivity contribution < 1.29 is 4.39 Å². The zero-order valence-electron chi connectivity index (χ0n) is 10.4. The molecule has 2 heterocycles. The maximum absolute atomic E-state index is 13.6. The van der Waals surface area contributed by atoms with Crippen LogP contribution in [0.15, 0.2) is 22.1 Å². The summed E-state index contributed by atoms with van der Waals surface area (Å²) in [5.41, 5.74) is 0. The predicted molar refractivity (Wildman–Crippen MR) is 80.1 cm³/mol. The Balaban J connectivity index is 2.02. The first-order chi connectivity index (χ1) is 9.19. The van der Waals surface area contributed by atoms with Crippen molar-refractivity contribution in [2.75, 3.05) is 17.2 Å². The normalized spacial score (nSPS) is 10.5. The van der Waals surface area contributed by atoms with Crippen molar-refractivity contribution in [2.24, 2.45) is 0 Å². The van der Waals surface area contributed by atoms with Crippen LogP contribution < -0.4 is 10.6 Å². The first-order valence-electron chi connectivity index (χ1n) is 5.93. The smallest absolute Gasteiger partial charge is 0.224 e. The molecule has 0 spiro atoms. The summed E-state index contributed by atoms with van der Waals surface area (Å²) < 4.78 is 14.6. The fraction of sp³-hybridized carbons (Fsp3) is 0.333. The van der Waals surface area contributed by atoms with Crippen LogP contribution in [-0.4, -0.2) is 16.5 Å². The maximum Gasteiger partial charge on any atom is 0.224 e. The minimum atomic E-state index is -0.447. The fourth-order valence-electron chi connectivity index (χ4n) is 1.43. The van der Waals surface area contributed by atoms with Gasteiger partial charge in [0.05, 0.1) is 16.5 Å². The number of hydrogen-bond donors (Lipinski definition) is 2. The van der Waals surface area contributed by atoms with Crippen LogP contribution in [0.4, 0.5) is 16.2 Å². The molecule has 0 atom stereocenters. The summed E-state index contributed by atoms with van der Waals surface area (Å²) in [6.07, 6.45) is 2.14. The molecule has 19 heavy (non-hydrogen) atoms. The van der Waals surface area contributed by atoms with Gasteiger partial charge in [-0.3, -0.25) is 0 Å². The van der Waals surface area contributed by atoms with Crippen LogP contribution in [0.25, 0.3) is 0 Å². The third kappa shape index (κ3) is 4.14. The van der Waals surface area contributed by atoms with Gasteiger partial charge in [0.15, 0.2) is 11.6 Å². The molecule has 0 amide bonds. The first-order valence-corrected chi connectivity index (χ1v) is 7.54. The molecule has 7 heteroatoms. The monoisotopic (exact) mass is 344 g/mol. The van der Waals surface area contributed by atoms with Gasteiger partial charge in [-0.25, -0.2) is 9.37 Å². The van der Waals surface area contributed by atoms with E-state index >= 15 is 0 Å². The van der Waals surface area contributed by atoms with Crippen molar-refractivity contribution in [3.63, 3.8) is 0 Å². The van der Waals surface area contributed by atoms with Gasteiger partial charge in [0.1, 0.15) is 0 Å². The number of aromatic nitrogens is 2. The molecule has 0 radical (unpaired) electrons. The summed E-state index contributed by atoms with van der Waals surface area (Å²) >= 11 is 5.00. The molecular weight excluding hydrogens is 331 g/mol. The Bertz CT molecular complexity index is 546. The van der Waals surface area contributed by atoms with Gasteiger partial charge in [-0.2, -0.15) is 4.98 Å². The molecule has 2 rings (SSSR count). The van der Waals surface area contributed by atoms with E-state index in [1.54, 1.807) is 11.3 Å². The summed E-state index contributed by atoms with van der Waals surface area (Å²) in [7, 11) is 0. The SMILES string of the molecule is CCCNc1ncc(F)c(NCc2ccc(Br)s2)n1. The molecule has 0 fully saturated rings. The molecule has 0 aliphatic rings. The van der Waals surface area contributed by atoms with Crippen molar-refractivity contribution in [3.05, 3.63) is 32.8 Å². The molecule has 2 aromatic heterocycles. The molecule has 0 saturated carbocycles. The third-order valence-corrected chi connectivity index (χ3v) is 3.96. The van der Waals surface area contributed by atoms with Gasteiger partial charge in [0.2, 0.25) is 5.95 Å². The fourth-order valence-corrected chi connectivity index (χ4v) is 2.85. The zero-order chi connectivity index (χ0) is 13.7. The standard InChI is InChI=1S/C12H14BrFN4S/c1-2-5-15-12-17-7-9(14)11(18-12)16-6-8-3-4-10(13)19-8/h3-4,7H,2,5-6H2,1H3,(H2,15,16,17,18). The second-order valence-corrected chi connectivity index (χ2v) is 6.42. The molecule has 0 aliphatic carbocycles. The maximum atomic E-state index is 13.6. The summed E-state index contributed by atoms with van der Waals surface area (Å²) in [4.78, 5) is 9.11. The molecule has 4 nitrogen and oxygen atoms in total. The van der Waals surface area contributed by atoms with Gasteiger partial charge >= 0.3 is 0 Å². The van der Waals surface area contributed by atoms with Crippen molar-refractivity contribution in [2.45, 2.75) is 19.9 Å². The van der Waals surface area contributed by atoms with Crippen LogP contribution in [0.1, 0.15) is 18.2 Å². The van der Waals surface area contributed by atoms with E-state index < -0.39 is 5.82 Å². The highest BCUT2D eigenvalue weighted by atomic mass is 79.9. The molecule has 0 saturated heterocycles. The van der Waals surface area contributed by atoms with Crippen molar-refractivity contribution in [1.82, 2.24) is 9.97 Å². The average molecular weight is 345 g/mol. The quantitative estimate of drug-likeness (QED) is 0.834. The van der Waals surface area contributed by atoms with Gasteiger partial charge in [0, 0.05) is 11.4 Å². The first kappa shape index (κ1) is 14.2. The zero-order valence-corrected chi connectivity index (χ0v) is 12.8. The molecule has 0 aliphatic heterocycles. The van der Waals surface area contributed by atoms with Crippen LogP contribution in [-0.2, 0) is 6.54 Å². The van der Waals surface area contributed by atoms with Crippen LogP contribution >= 0.6 is 27.3 Å². The lowest BCUT2D eigenvalue weighted by atomic mass is 10.4. The summed E-state index contributed by atoms with van der Waals surface area (Å²) in [6, 6.07) is 3.95. The largest absolute Gasteiger partial charge is 0.363 e. The number of hydrogen-bond acceptors (Lipinski definition) is 5. The minimum Gasteiger partial charge on any atom is -0.363 e. The van der Waals surface area contributed by atoms with E-state index in [4.69, 9.17) is 0 Å². The lowest BCUT2D eigenvalue weighted by molar-refractivity contribution is 0.617. The van der Waals surface area contributed by atoms with Gasteiger partial charge in [-0.05, 0) is 34.5 Å². The lowest BCUT2D eigenvalue weighted by Crippen LogP contribution is -2.08. The van der Waals surface area contributed by atoms with Crippen LogP contribution in [0, 0.1) is 5.82 Å². The van der Waals surface area contributed by atoms with Crippen LogP contribution in [0.3, 0.4) is 0 Å². The second kappa shape index (κ2) is 6.81. The number of anilines is 2. The molecule has 102 valence electrons. The Labute approximate surface area is 123 Å². The number of thiophene rings is 1. The molecule has 0 unspecified atom stereocenters. The van der Waals surface area contributed by atoms with E-state index in [1.807, 2.05) is 19.1 Å². The number of halogens is 2. The summed E-state index contributed by atoms with van der Waals surface area (Å²) in [6.45, 7) is 3.35. The number of rotatable bonds is 6. The molecule has 2 aromatic rings. The highest BCUT2D eigenvalue weighted by Crippen LogP contribution is 2.23. The Morgan fingerprint density at radius 3 is 2.89 bits per heavy atom. The van der Waals surface area contributed by atoms with Crippen molar-refractivity contribution in [3.8, 4) is 0 Å². The predicted octanol–water partition coefficient (Wildman–Crippen LogP) is 3.87. The Morgan fingerprint density at radius 2 is 2.21 bits per heavy atom. The van der Waals surface area contributed by atoms with E-state index in [1.165, 1.54) is 6.20 Å². The lowest BCUT2D eigenvalue weighted by Gasteiger charge is -2.08. The number of nitrogens with zero attached hydrogens (tertiary/aromatic N) is 2. The van der Waals surface area contributed by atoms with E-state index in [-0.39, 0.29) is 5.82 Å². The molecule has 0 bridgehead atoms. The van der Waals surface area contributed by atoms with Crippen molar-refractivity contribution >= 4 is 39.0 Å². The average Bonchev–Trinajstić information content (AvgIpc) is 2.82. The topological polar surface area (TPSA) is 49.8 Å². The van der Waals surface area contributed by atoms with Gasteiger partial charge in [-0.1, -0.05) is 6.92 Å². The van der Waals surface area contributed by atoms with E-state index in [2.05, 4.69) is 36.5 Å². The van der Waals surface area contributed by atoms with Crippen LogP contribution in [0.2, 0.25) is 0 Å². The summed E-state index contributed by atoms with van der Waals surface area (Å²) in [5, 5.41) is 6.01. The van der Waals surface area contributed by atoms with E-state index in [0.717, 1.165) is 21.6 Å². The minimum absolute atomic E-state index is 0.220. The Kier molecular flexibility index (Phi) is 5.09. The molecular formula is C12H14BrFN4S. The van der Waals surface area contributed by atoms with Gasteiger partial charge in [-0.15, -0.1) is 11.3 Å². The van der Waals surface area contributed by atoms with Gasteiger partial charge in [0.25, 0.3) is 0 Å². The van der Waals surface area contributed by atoms with Gasteiger partial charge < -0.3 is 10.6 Å². The van der Waals surface area contributed by atoms with E-state index in [0.29, 0.717) is 12.5 Å². The highest BCUT2D eigenvalue weighted by molar-refractivity contribution is 9.11. The van der Waals surface area contributed by atoms with Crippen LogP contribution in [0.5, 0.6) is 0 Å². The molecule has 0 aromatic carbocycles. The Morgan fingerprint density at radius 1 is 1.37 bits per heavy atom. The second-order valence-electron chi connectivity index (χ2n) is 3.88. The van der Waals surface area contributed by atoms with E-state index in [9.17, 15) is 4.39 Å². The number of nitrogens with one attached hydrogen (secondary N) is 2. The third-order valence-electron chi connectivity index (χ3n) is 2.34. The molecule has 2 N–H and O–H groups in total. The summed E-state index contributed by atoms with van der Waals surface area (Å²) in [5.74, 6) is 0.217.